The Balaban J connectivity index is 1.29. The Morgan fingerprint density at radius 1 is 1.00 bits per heavy atom. The molecule has 0 spiro atoms. The lowest BCUT2D eigenvalue weighted by atomic mass is 10.1. The maximum absolute atomic E-state index is 5.91. The molecule has 6 rings (SSSR count). The number of ether oxygens (including phenoxy) is 1. The molecule has 1 aliphatic heterocycles. The fourth-order valence-corrected chi connectivity index (χ4v) is 5.89. The lowest BCUT2D eigenvalue weighted by Gasteiger charge is -2.35. The molecule has 0 aliphatic carbocycles. The maximum atomic E-state index is 5.91. The molecule has 2 aromatic heterocycles. The summed E-state index contributed by atoms with van der Waals surface area (Å²) in [4.78, 5) is 15.5. The van der Waals surface area contributed by atoms with Gasteiger partial charge in [0.15, 0.2) is 5.13 Å². The predicted octanol–water partition coefficient (Wildman–Crippen LogP) is 7.02. The number of nitrogens with one attached hydrogen (secondary N) is 2. The van der Waals surface area contributed by atoms with Crippen LogP contribution >= 0.6 is 11.3 Å². The number of aryl methyl sites for hydroxylation is 1. The number of rotatable bonds is 5. The zero-order valence-corrected chi connectivity index (χ0v) is 21.5. The molecule has 2 atom stereocenters. The molecule has 1 fully saturated rings. The van der Waals surface area contributed by atoms with Gasteiger partial charge in [-0.05, 0) is 56.2 Å². The van der Waals surface area contributed by atoms with Gasteiger partial charge < -0.3 is 19.9 Å². The fraction of sp³-hybridized carbons (Fsp3) is 0.241. The van der Waals surface area contributed by atoms with Crippen molar-refractivity contribution < 1.29 is 4.74 Å². The van der Waals surface area contributed by atoms with Crippen molar-refractivity contribution in [2.45, 2.75) is 33.0 Å². The third-order valence-corrected chi connectivity index (χ3v) is 7.69. The molecule has 5 aromatic rings. The van der Waals surface area contributed by atoms with Gasteiger partial charge >= 0.3 is 0 Å². The van der Waals surface area contributed by atoms with Gasteiger partial charge in [-0.1, -0.05) is 53.8 Å². The molecule has 3 aromatic carbocycles. The molecule has 1 aliphatic rings. The van der Waals surface area contributed by atoms with Crippen molar-refractivity contribution in [3.8, 4) is 22.6 Å². The number of aromatic nitrogens is 3. The lowest BCUT2D eigenvalue weighted by Crippen LogP contribution is -2.45. The van der Waals surface area contributed by atoms with Crippen molar-refractivity contribution >= 4 is 38.1 Å². The second-order valence-corrected chi connectivity index (χ2v) is 10.5. The van der Waals surface area contributed by atoms with E-state index in [1.165, 1.54) is 5.56 Å². The van der Waals surface area contributed by atoms with E-state index in [4.69, 9.17) is 9.72 Å². The molecule has 0 saturated carbocycles. The number of aromatic amines is 1. The first-order valence-corrected chi connectivity index (χ1v) is 13.1. The van der Waals surface area contributed by atoms with Crippen molar-refractivity contribution in [1.29, 1.82) is 0 Å². The number of thiazole rings is 1. The third-order valence-electron chi connectivity index (χ3n) is 6.53. The maximum Gasteiger partial charge on any atom is 0.186 e. The van der Waals surface area contributed by atoms with Gasteiger partial charge in [-0.25, -0.2) is 9.97 Å². The quantitative estimate of drug-likeness (QED) is 0.274. The second kappa shape index (κ2) is 9.41. The predicted molar refractivity (Wildman–Crippen MR) is 149 cm³/mol. The molecule has 0 unspecified atom stereocenters. The molecule has 36 heavy (non-hydrogen) atoms. The van der Waals surface area contributed by atoms with E-state index >= 15 is 0 Å². The molecule has 3 heterocycles. The van der Waals surface area contributed by atoms with Crippen molar-refractivity contribution in [3.05, 3.63) is 78.5 Å². The summed E-state index contributed by atoms with van der Waals surface area (Å²) >= 11 is 1.74. The largest absolute Gasteiger partial charge is 0.372 e. The number of H-pyrrole nitrogens is 1. The van der Waals surface area contributed by atoms with Crippen LogP contribution in [0.15, 0.2) is 72.9 Å². The van der Waals surface area contributed by atoms with Crippen LogP contribution in [0.5, 0.6) is 0 Å². The van der Waals surface area contributed by atoms with Crippen LogP contribution in [0.1, 0.15) is 19.4 Å². The summed E-state index contributed by atoms with van der Waals surface area (Å²) < 4.78 is 7.07. The minimum atomic E-state index is 0.202. The zero-order chi connectivity index (χ0) is 24.6. The first-order valence-electron chi connectivity index (χ1n) is 12.3. The smallest absolute Gasteiger partial charge is 0.186 e. The summed E-state index contributed by atoms with van der Waals surface area (Å²) in [6.45, 7) is 8.09. The molecule has 0 radical (unpaired) electrons. The summed E-state index contributed by atoms with van der Waals surface area (Å²) in [5.41, 5.74) is 7.47. The van der Waals surface area contributed by atoms with Gasteiger partial charge in [-0.3, -0.25) is 0 Å². The molecule has 7 heteroatoms. The van der Waals surface area contributed by atoms with Crippen LogP contribution in [0, 0.1) is 6.92 Å². The topological polar surface area (TPSA) is 66.1 Å². The van der Waals surface area contributed by atoms with Crippen LogP contribution < -0.4 is 10.2 Å². The van der Waals surface area contributed by atoms with Crippen LogP contribution in [0.4, 0.5) is 16.5 Å². The molecule has 0 bridgehead atoms. The molecule has 1 saturated heterocycles. The highest BCUT2D eigenvalue weighted by Gasteiger charge is 2.25. The number of anilines is 3. The highest BCUT2D eigenvalue weighted by atomic mass is 32.1. The standard InChI is InChI=1S/C29H29N5OS/c1-18-12-13-22(14-23(18)28-30-15-26(32-28)21-8-5-4-6-9-21)31-24-10-7-11-25-27(24)36-29(33-25)34-16-19(2)35-20(3)17-34/h4-15,19-20,31H,16-17H2,1-3H3,(H,30,32)/t19-,20+. The van der Waals surface area contributed by atoms with E-state index in [2.05, 4.69) is 89.5 Å². The third kappa shape index (κ3) is 4.47. The van der Waals surface area contributed by atoms with E-state index in [0.717, 1.165) is 62.5 Å². The molecule has 182 valence electrons. The number of imidazole rings is 1. The number of nitrogens with zero attached hydrogens (tertiary/aromatic N) is 3. The number of fused-ring (bicyclic) bond motifs is 1. The summed E-state index contributed by atoms with van der Waals surface area (Å²) in [6.07, 6.45) is 2.30. The summed E-state index contributed by atoms with van der Waals surface area (Å²) in [6, 6.07) is 23.0. The van der Waals surface area contributed by atoms with Crippen molar-refractivity contribution in [2.24, 2.45) is 0 Å². The first-order chi connectivity index (χ1) is 17.5. The normalized spacial score (nSPS) is 18.0. The number of benzene rings is 3. The number of hydrogen-bond acceptors (Lipinski definition) is 6. The minimum Gasteiger partial charge on any atom is -0.372 e. The Morgan fingerprint density at radius 2 is 1.81 bits per heavy atom. The van der Waals surface area contributed by atoms with Gasteiger partial charge in [-0.2, -0.15) is 0 Å². The van der Waals surface area contributed by atoms with Crippen LogP contribution in [0.2, 0.25) is 0 Å². The van der Waals surface area contributed by atoms with E-state index < -0.39 is 0 Å². The number of hydrogen-bond donors (Lipinski definition) is 2. The molecule has 2 N–H and O–H groups in total. The van der Waals surface area contributed by atoms with E-state index in [1.54, 1.807) is 11.3 Å². The van der Waals surface area contributed by atoms with E-state index in [0.29, 0.717) is 0 Å². The van der Waals surface area contributed by atoms with Gasteiger partial charge in [0.1, 0.15) is 5.82 Å². The Bertz CT molecular complexity index is 1500. The average Bonchev–Trinajstić information content (AvgIpc) is 3.54. The van der Waals surface area contributed by atoms with E-state index in [1.807, 2.05) is 24.4 Å². The van der Waals surface area contributed by atoms with Crippen molar-refractivity contribution in [1.82, 2.24) is 15.0 Å². The molecular weight excluding hydrogens is 466 g/mol. The summed E-state index contributed by atoms with van der Waals surface area (Å²) in [7, 11) is 0. The zero-order valence-electron chi connectivity index (χ0n) is 20.7. The van der Waals surface area contributed by atoms with Gasteiger partial charge in [0.05, 0.1) is 40.0 Å². The Kier molecular flexibility index (Phi) is 5.95. The van der Waals surface area contributed by atoms with E-state index in [9.17, 15) is 0 Å². The first kappa shape index (κ1) is 22.8. The van der Waals surface area contributed by atoms with Crippen LogP contribution in [0.25, 0.3) is 32.9 Å². The van der Waals surface area contributed by atoms with Gasteiger partial charge in [0, 0.05) is 24.3 Å². The highest BCUT2D eigenvalue weighted by molar-refractivity contribution is 7.22. The Labute approximate surface area is 215 Å². The molecule has 6 nitrogen and oxygen atoms in total. The SMILES string of the molecule is Cc1ccc(Nc2cccc3nc(N4C[C@@H](C)O[C@@H](C)C4)sc23)cc1-c1ncc(-c2ccccc2)[nH]1. The Morgan fingerprint density at radius 3 is 2.61 bits per heavy atom. The van der Waals surface area contributed by atoms with Crippen molar-refractivity contribution in [2.75, 3.05) is 23.3 Å². The van der Waals surface area contributed by atoms with Crippen LogP contribution in [-0.4, -0.2) is 40.2 Å². The van der Waals surface area contributed by atoms with Crippen LogP contribution in [0.3, 0.4) is 0 Å². The number of morpholine rings is 1. The second-order valence-electron chi connectivity index (χ2n) is 9.48. The van der Waals surface area contributed by atoms with Gasteiger partial charge in [0.25, 0.3) is 0 Å². The average molecular weight is 496 g/mol. The fourth-order valence-electron chi connectivity index (χ4n) is 4.84. The van der Waals surface area contributed by atoms with Gasteiger partial charge in [0.2, 0.25) is 0 Å². The lowest BCUT2D eigenvalue weighted by molar-refractivity contribution is -0.00521. The molecule has 0 amide bonds. The Hall–Kier alpha value is -3.68. The summed E-state index contributed by atoms with van der Waals surface area (Å²) in [5.74, 6) is 0.865. The van der Waals surface area contributed by atoms with Gasteiger partial charge in [-0.15, -0.1) is 0 Å². The highest BCUT2D eigenvalue weighted by Crippen LogP contribution is 2.37. The van der Waals surface area contributed by atoms with E-state index in [-0.39, 0.29) is 12.2 Å². The minimum absolute atomic E-state index is 0.202. The van der Waals surface area contributed by atoms with Crippen LogP contribution in [-0.2, 0) is 4.74 Å². The van der Waals surface area contributed by atoms with Crippen molar-refractivity contribution in [3.63, 3.8) is 0 Å². The monoisotopic (exact) mass is 495 g/mol. The molecular formula is C29H29N5OS. The summed E-state index contributed by atoms with van der Waals surface area (Å²) in [5, 5.41) is 4.69.